The van der Waals surface area contributed by atoms with Crippen molar-refractivity contribution in [3.8, 4) is 17.0 Å². The molecule has 0 fully saturated rings. The van der Waals surface area contributed by atoms with E-state index in [1.165, 1.54) is 0 Å². The zero-order valence-electron chi connectivity index (χ0n) is 9.77. The van der Waals surface area contributed by atoms with Gasteiger partial charge in [-0.1, -0.05) is 0 Å². The fourth-order valence-electron chi connectivity index (χ4n) is 1.75. The Morgan fingerprint density at radius 3 is 2.47 bits per heavy atom. The van der Waals surface area contributed by atoms with Crippen LogP contribution < -0.4 is 10.5 Å². The van der Waals surface area contributed by atoms with Crippen LogP contribution in [-0.2, 0) is 13.6 Å². The quantitative estimate of drug-likeness (QED) is 0.945. The minimum absolute atomic E-state index is 0.422. The van der Waals surface area contributed by atoms with E-state index in [4.69, 9.17) is 10.5 Å². The summed E-state index contributed by atoms with van der Waals surface area (Å²) >= 11 is 3.46. The van der Waals surface area contributed by atoms with Gasteiger partial charge in [0, 0.05) is 12.6 Å². The molecule has 17 heavy (non-hydrogen) atoms. The molecule has 0 saturated carbocycles. The second-order valence-corrected chi connectivity index (χ2v) is 4.41. The maximum atomic E-state index is 5.63. The molecule has 0 aliphatic carbocycles. The normalized spacial score (nSPS) is 10.6. The van der Waals surface area contributed by atoms with E-state index in [0.717, 1.165) is 27.4 Å². The summed E-state index contributed by atoms with van der Waals surface area (Å²) in [6.45, 7) is 0.422. The second kappa shape index (κ2) is 4.89. The summed E-state index contributed by atoms with van der Waals surface area (Å²) in [5, 5.41) is 0. The molecule has 0 unspecified atom stereocenters. The summed E-state index contributed by atoms with van der Waals surface area (Å²) in [6, 6.07) is 7.86. The van der Waals surface area contributed by atoms with E-state index in [0.29, 0.717) is 6.54 Å². The van der Waals surface area contributed by atoms with Gasteiger partial charge in [-0.25, -0.2) is 4.98 Å². The maximum absolute atomic E-state index is 5.63. The molecule has 0 saturated heterocycles. The number of imidazole rings is 1. The third-order valence-corrected chi connectivity index (χ3v) is 3.24. The predicted molar refractivity (Wildman–Crippen MR) is 70.8 cm³/mol. The zero-order chi connectivity index (χ0) is 12.4. The first-order chi connectivity index (χ1) is 8.17. The molecule has 1 aromatic carbocycles. The Balaban J connectivity index is 2.48. The van der Waals surface area contributed by atoms with Crippen LogP contribution in [0.2, 0.25) is 0 Å². The van der Waals surface area contributed by atoms with E-state index in [-0.39, 0.29) is 0 Å². The number of ether oxygens (including phenoxy) is 1. The molecular formula is C12H14BrN3O. The van der Waals surface area contributed by atoms with Crippen LogP contribution in [0.15, 0.2) is 28.9 Å². The number of rotatable bonds is 3. The third-order valence-electron chi connectivity index (χ3n) is 2.69. The summed E-state index contributed by atoms with van der Waals surface area (Å²) in [5.74, 6) is 1.69. The van der Waals surface area contributed by atoms with Crippen LogP contribution in [0.4, 0.5) is 0 Å². The van der Waals surface area contributed by atoms with E-state index < -0.39 is 0 Å². The molecule has 0 aliphatic rings. The SMILES string of the molecule is COc1ccc(-c2c(Br)nc(CN)n2C)cc1. The van der Waals surface area contributed by atoms with Crippen LogP contribution in [0.5, 0.6) is 5.75 Å². The van der Waals surface area contributed by atoms with Crippen LogP contribution in [-0.4, -0.2) is 16.7 Å². The van der Waals surface area contributed by atoms with Gasteiger partial charge in [0.2, 0.25) is 0 Å². The van der Waals surface area contributed by atoms with Crippen molar-refractivity contribution >= 4 is 15.9 Å². The second-order valence-electron chi connectivity index (χ2n) is 3.66. The van der Waals surface area contributed by atoms with Gasteiger partial charge in [0.1, 0.15) is 16.2 Å². The van der Waals surface area contributed by atoms with Crippen LogP contribution in [0.25, 0.3) is 11.3 Å². The lowest BCUT2D eigenvalue weighted by Gasteiger charge is -2.06. The molecule has 5 heteroatoms. The average Bonchev–Trinajstić information content (AvgIpc) is 2.64. The van der Waals surface area contributed by atoms with Gasteiger partial charge in [-0.05, 0) is 40.2 Å². The Morgan fingerprint density at radius 2 is 2.00 bits per heavy atom. The van der Waals surface area contributed by atoms with Gasteiger partial charge in [-0.2, -0.15) is 0 Å². The summed E-state index contributed by atoms with van der Waals surface area (Å²) in [6.07, 6.45) is 0. The molecule has 2 rings (SSSR count). The van der Waals surface area contributed by atoms with Crippen molar-refractivity contribution in [1.29, 1.82) is 0 Å². The van der Waals surface area contributed by atoms with E-state index in [9.17, 15) is 0 Å². The predicted octanol–water partition coefficient (Wildman–Crippen LogP) is 2.32. The minimum Gasteiger partial charge on any atom is -0.497 e. The molecule has 0 radical (unpaired) electrons. The molecule has 1 aromatic heterocycles. The highest BCUT2D eigenvalue weighted by Gasteiger charge is 2.13. The zero-order valence-corrected chi connectivity index (χ0v) is 11.4. The number of halogens is 1. The summed E-state index contributed by atoms with van der Waals surface area (Å²) < 4.78 is 7.94. The molecule has 1 heterocycles. The lowest BCUT2D eigenvalue weighted by Crippen LogP contribution is -2.05. The van der Waals surface area contributed by atoms with Gasteiger partial charge in [-0.15, -0.1) is 0 Å². The molecule has 4 nitrogen and oxygen atoms in total. The first-order valence-electron chi connectivity index (χ1n) is 5.23. The van der Waals surface area contributed by atoms with E-state index in [1.807, 2.05) is 35.9 Å². The fourth-order valence-corrected chi connectivity index (χ4v) is 2.45. The molecule has 0 aliphatic heterocycles. The Kier molecular flexibility index (Phi) is 3.49. The highest BCUT2D eigenvalue weighted by molar-refractivity contribution is 9.10. The highest BCUT2D eigenvalue weighted by Crippen LogP contribution is 2.29. The minimum atomic E-state index is 0.422. The van der Waals surface area contributed by atoms with Crippen molar-refractivity contribution in [2.45, 2.75) is 6.54 Å². The molecule has 0 atom stereocenters. The Hall–Kier alpha value is -1.33. The van der Waals surface area contributed by atoms with Crippen molar-refractivity contribution < 1.29 is 4.74 Å². The summed E-state index contributed by atoms with van der Waals surface area (Å²) in [5.41, 5.74) is 7.73. The van der Waals surface area contributed by atoms with E-state index in [1.54, 1.807) is 7.11 Å². The van der Waals surface area contributed by atoms with E-state index >= 15 is 0 Å². The monoisotopic (exact) mass is 295 g/mol. The number of hydrogen-bond acceptors (Lipinski definition) is 3. The Labute approximate surface area is 109 Å². The fraction of sp³-hybridized carbons (Fsp3) is 0.250. The van der Waals surface area contributed by atoms with Crippen molar-refractivity contribution in [3.05, 3.63) is 34.7 Å². The van der Waals surface area contributed by atoms with Crippen molar-refractivity contribution in [1.82, 2.24) is 9.55 Å². The summed E-state index contributed by atoms with van der Waals surface area (Å²) in [4.78, 5) is 4.37. The lowest BCUT2D eigenvalue weighted by atomic mass is 10.1. The van der Waals surface area contributed by atoms with Gasteiger partial charge in [-0.3, -0.25) is 0 Å². The Morgan fingerprint density at radius 1 is 1.35 bits per heavy atom. The molecule has 2 aromatic rings. The van der Waals surface area contributed by atoms with Gasteiger partial charge in [0.15, 0.2) is 0 Å². The van der Waals surface area contributed by atoms with Crippen LogP contribution >= 0.6 is 15.9 Å². The van der Waals surface area contributed by atoms with Crippen LogP contribution in [0.1, 0.15) is 5.82 Å². The number of aromatic nitrogens is 2. The Bertz CT molecular complexity index is 519. The molecule has 90 valence electrons. The van der Waals surface area contributed by atoms with Crippen molar-refractivity contribution in [2.75, 3.05) is 7.11 Å². The van der Waals surface area contributed by atoms with Gasteiger partial charge < -0.3 is 15.0 Å². The van der Waals surface area contributed by atoms with Crippen molar-refractivity contribution in [2.24, 2.45) is 12.8 Å². The topological polar surface area (TPSA) is 53.1 Å². The molecule has 2 N–H and O–H groups in total. The molecule has 0 bridgehead atoms. The summed E-state index contributed by atoms with van der Waals surface area (Å²) in [7, 11) is 3.61. The number of nitrogens with zero attached hydrogens (tertiary/aromatic N) is 2. The number of nitrogens with two attached hydrogens (primary N) is 1. The van der Waals surface area contributed by atoms with E-state index in [2.05, 4.69) is 20.9 Å². The molecule has 0 amide bonds. The van der Waals surface area contributed by atoms with Crippen LogP contribution in [0.3, 0.4) is 0 Å². The largest absolute Gasteiger partial charge is 0.497 e. The van der Waals surface area contributed by atoms with Crippen LogP contribution in [0, 0.1) is 0 Å². The standard InChI is InChI=1S/C12H14BrN3O/c1-16-10(7-14)15-12(13)11(16)8-3-5-9(17-2)6-4-8/h3-6H,7,14H2,1-2H3. The number of hydrogen-bond donors (Lipinski definition) is 1. The maximum Gasteiger partial charge on any atom is 0.132 e. The average molecular weight is 296 g/mol. The first-order valence-corrected chi connectivity index (χ1v) is 6.02. The van der Waals surface area contributed by atoms with Gasteiger partial charge >= 0.3 is 0 Å². The smallest absolute Gasteiger partial charge is 0.132 e. The molecule has 0 spiro atoms. The number of methoxy groups -OCH3 is 1. The molecular weight excluding hydrogens is 282 g/mol. The lowest BCUT2D eigenvalue weighted by molar-refractivity contribution is 0.415. The first kappa shape index (κ1) is 12.1. The number of benzene rings is 1. The van der Waals surface area contributed by atoms with Gasteiger partial charge in [0.05, 0.1) is 19.3 Å². The highest BCUT2D eigenvalue weighted by atomic mass is 79.9. The van der Waals surface area contributed by atoms with Gasteiger partial charge in [0.25, 0.3) is 0 Å². The third kappa shape index (κ3) is 2.21. The van der Waals surface area contributed by atoms with Crippen molar-refractivity contribution in [3.63, 3.8) is 0 Å².